The van der Waals surface area contributed by atoms with Crippen molar-refractivity contribution in [1.82, 2.24) is 0 Å². The highest BCUT2D eigenvalue weighted by molar-refractivity contribution is 5.41. The van der Waals surface area contributed by atoms with Crippen LogP contribution in [0, 0.1) is 11.3 Å². The first-order valence-electron chi connectivity index (χ1n) is 4.72. The van der Waals surface area contributed by atoms with Gasteiger partial charge in [-0.05, 0) is 24.6 Å². The maximum Gasteiger partial charge on any atom is 0.416 e. The third-order valence-corrected chi connectivity index (χ3v) is 1.84. The first-order valence-corrected chi connectivity index (χ1v) is 4.72. The molecule has 0 heterocycles. The van der Waals surface area contributed by atoms with Gasteiger partial charge in [-0.3, -0.25) is 0 Å². The summed E-state index contributed by atoms with van der Waals surface area (Å²) in [6, 6.07) is 4.68. The van der Waals surface area contributed by atoms with E-state index in [9.17, 15) is 13.2 Å². The summed E-state index contributed by atoms with van der Waals surface area (Å²) < 4.78 is 42.4. The summed E-state index contributed by atoms with van der Waals surface area (Å²) in [6.07, 6.45) is -3.77. The third-order valence-electron chi connectivity index (χ3n) is 1.84. The molecule has 0 spiro atoms. The predicted molar refractivity (Wildman–Crippen MR) is 51.9 cm³/mol. The molecule has 0 bridgehead atoms. The van der Waals surface area contributed by atoms with Crippen molar-refractivity contribution in [3.8, 4) is 11.8 Å². The van der Waals surface area contributed by atoms with Crippen LogP contribution in [0.2, 0.25) is 0 Å². The molecule has 1 aromatic rings. The molecule has 86 valence electrons. The van der Waals surface area contributed by atoms with Crippen molar-refractivity contribution in [2.24, 2.45) is 0 Å². The van der Waals surface area contributed by atoms with E-state index in [1.54, 1.807) is 6.07 Å². The third kappa shape index (κ3) is 3.16. The van der Waals surface area contributed by atoms with E-state index in [4.69, 9.17) is 10.00 Å². The molecule has 0 radical (unpaired) electrons. The van der Waals surface area contributed by atoms with Crippen LogP contribution in [0.3, 0.4) is 0 Å². The molecule has 0 amide bonds. The van der Waals surface area contributed by atoms with Crippen LogP contribution in [0.4, 0.5) is 13.2 Å². The van der Waals surface area contributed by atoms with Gasteiger partial charge in [0.25, 0.3) is 0 Å². The van der Waals surface area contributed by atoms with Gasteiger partial charge in [0, 0.05) is 0 Å². The van der Waals surface area contributed by atoms with Gasteiger partial charge >= 0.3 is 6.18 Å². The summed E-state index contributed by atoms with van der Waals surface area (Å²) >= 11 is 0. The molecule has 0 aliphatic heterocycles. The summed E-state index contributed by atoms with van der Waals surface area (Å²) in [6.45, 7) is 2.17. The van der Waals surface area contributed by atoms with Gasteiger partial charge in [-0.25, -0.2) is 0 Å². The Bertz CT molecular complexity index is 407. The number of hydrogen-bond donors (Lipinski definition) is 0. The zero-order valence-corrected chi connectivity index (χ0v) is 8.64. The van der Waals surface area contributed by atoms with Gasteiger partial charge in [0.05, 0.1) is 23.8 Å². The highest BCUT2D eigenvalue weighted by Crippen LogP contribution is 2.32. The summed E-state index contributed by atoms with van der Waals surface area (Å²) in [4.78, 5) is 0. The normalized spacial score (nSPS) is 10.9. The number of rotatable bonds is 3. The molecular weight excluding hydrogens is 219 g/mol. The molecule has 16 heavy (non-hydrogen) atoms. The van der Waals surface area contributed by atoms with Crippen molar-refractivity contribution >= 4 is 0 Å². The quantitative estimate of drug-likeness (QED) is 0.796. The van der Waals surface area contributed by atoms with Gasteiger partial charge < -0.3 is 4.74 Å². The highest BCUT2D eigenvalue weighted by Gasteiger charge is 2.31. The van der Waals surface area contributed by atoms with Crippen LogP contribution in [0.25, 0.3) is 0 Å². The average Bonchev–Trinajstić information content (AvgIpc) is 2.24. The van der Waals surface area contributed by atoms with Crippen LogP contribution >= 0.6 is 0 Å². The molecule has 0 fully saturated rings. The van der Waals surface area contributed by atoms with E-state index in [1.807, 2.05) is 6.92 Å². The number of alkyl halides is 3. The van der Waals surface area contributed by atoms with Crippen molar-refractivity contribution in [2.45, 2.75) is 19.5 Å². The molecule has 0 aliphatic rings. The van der Waals surface area contributed by atoms with E-state index in [0.717, 1.165) is 12.1 Å². The lowest BCUT2D eigenvalue weighted by Crippen LogP contribution is -2.06. The Morgan fingerprint density at radius 3 is 2.50 bits per heavy atom. The van der Waals surface area contributed by atoms with Crippen molar-refractivity contribution in [2.75, 3.05) is 6.61 Å². The maximum atomic E-state index is 12.4. The minimum atomic E-state index is -4.46. The van der Waals surface area contributed by atoms with Crippen molar-refractivity contribution in [3.63, 3.8) is 0 Å². The Kier molecular flexibility index (Phi) is 3.78. The molecule has 0 aromatic heterocycles. The Labute approximate surface area is 91.3 Å². The van der Waals surface area contributed by atoms with E-state index in [2.05, 4.69) is 0 Å². The number of nitriles is 1. The van der Waals surface area contributed by atoms with Gasteiger partial charge in [0.15, 0.2) is 0 Å². The molecule has 2 nitrogen and oxygen atoms in total. The fourth-order valence-corrected chi connectivity index (χ4v) is 1.13. The lowest BCUT2D eigenvalue weighted by atomic mass is 10.1. The van der Waals surface area contributed by atoms with Gasteiger partial charge in [-0.2, -0.15) is 18.4 Å². The zero-order chi connectivity index (χ0) is 12.2. The molecule has 5 heteroatoms. The topological polar surface area (TPSA) is 33.0 Å². The molecule has 0 saturated heterocycles. The fourth-order valence-electron chi connectivity index (χ4n) is 1.13. The highest BCUT2D eigenvalue weighted by atomic mass is 19.4. The number of ether oxygens (including phenoxy) is 1. The molecule has 1 aromatic carbocycles. The Balaban J connectivity index is 3.07. The summed E-state index contributed by atoms with van der Waals surface area (Å²) in [5, 5.41) is 8.60. The lowest BCUT2D eigenvalue weighted by molar-refractivity contribution is -0.137. The predicted octanol–water partition coefficient (Wildman–Crippen LogP) is 3.37. The summed E-state index contributed by atoms with van der Waals surface area (Å²) in [5.41, 5.74) is -0.918. The Morgan fingerprint density at radius 1 is 1.31 bits per heavy atom. The summed E-state index contributed by atoms with van der Waals surface area (Å²) in [5.74, 6) is 0.0771. The van der Waals surface area contributed by atoms with Crippen LogP contribution < -0.4 is 4.74 Å². The number of nitrogens with zero attached hydrogens (tertiary/aromatic N) is 1. The Hall–Kier alpha value is -1.70. The second-order valence-electron chi connectivity index (χ2n) is 3.20. The molecule has 0 atom stereocenters. The smallest absolute Gasteiger partial charge is 0.416 e. The van der Waals surface area contributed by atoms with Gasteiger partial charge in [-0.1, -0.05) is 6.92 Å². The van der Waals surface area contributed by atoms with Crippen molar-refractivity contribution < 1.29 is 17.9 Å². The number of benzene rings is 1. The minimum absolute atomic E-state index is 0.0547. The Morgan fingerprint density at radius 2 is 2.00 bits per heavy atom. The van der Waals surface area contributed by atoms with Crippen LogP contribution in [0.15, 0.2) is 18.2 Å². The first-order chi connectivity index (χ1) is 7.47. The number of halogens is 3. The van der Waals surface area contributed by atoms with Crippen LogP contribution in [0.5, 0.6) is 5.75 Å². The standard InChI is InChI=1S/C11H10F3NO/c1-2-3-16-10-5-8(7-15)4-9(6-10)11(12,13)14/h4-6H,2-3H2,1H3. The van der Waals surface area contributed by atoms with Gasteiger partial charge in [-0.15, -0.1) is 0 Å². The van der Waals surface area contributed by atoms with E-state index >= 15 is 0 Å². The molecule has 1 rings (SSSR count). The second kappa shape index (κ2) is 4.88. The molecular formula is C11H10F3NO. The molecule has 0 saturated carbocycles. The maximum absolute atomic E-state index is 12.4. The lowest BCUT2D eigenvalue weighted by Gasteiger charge is -2.10. The molecule has 0 unspecified atom stereocenters. The zero-order valence-electron chi connectivity index (χ0n) is 8.64. The van der Waals surface area contributed by atoms with E-state index < -0.39 is 11.7 Å². The van der Waals surface area contributed by atoms with E-state index in [1.165, 1.54) is 6.07 Å². The van der Waals surface area contributed by atoms with Crippen LogP contribution in [-0.2, 0) is 6.18 Å². The molecule has 0 N–H and O–H groups in total. The first kappa shape index (κ1) is 12.4. The second-order valence-corrected chi connectivity index (χ2v) is 3.20. The largest absolute Gasteiger partial charge is 0.494 e. The minimum Gasteiger partial charge on any atom is -0.494 e. The molecule has 0 aliphatic carbocycles. The average molecular weight is 229 g/mol. The van der Waals surface area contributed by atoms with Crippen molar-refractivity contribution in [1.29, 1.82) is 5.26 Å². The monoisotopic (exact) mass is 229 g/mol. The van der Waals surface area contributed by atoms with Crippen LogP contribution in [-0.4, -0.2) is 6.61 Å². The van der Waals surface area contributed by atoms with Crippen molar-refractivity contribution in [3.05, 3.63) is 29.3 Å². The summed E-state index contributed by atoms with van der Waals surface area (Å²) in [7, 11) is 0. The van der Waals surface area contributed by atoms with E-state index in [0.29, 0.717) is 13.0 Å². The van der Waals surface area contributed by atoms with E-state index in [-0.39, 0.29) is 11.3 Å². The number of hydrogen-bond acceptors (Lipinski definition) is 2. The fraction of sp³-hybridized carbons (Fsp3) is 0.364. The SMILES string of the molecule is CCCOc1cc(C#N)cc(C(F)(F)F)c1. The van der Waals surface area contributed by atoms with Crippen LogP contribution in [0.1, 0.15) is 24.5 Å². The van der Waals surface area contributed by atoms with Gasteiger partial charge in [0.2, 0.25) is 0 Å². The van der Waals surface area contributed by atoms with Gasteiger partial charge in [0.1, 0.15) is 5.75 Å².